The molecule has 4 atom stereocenters. The molecule has 3 N–H and O–H groups in total. The van der Waals surface area contributed by atoms with Gasteiger partial charge in [0.05, 0.1) is 24.6 Å². The van der Waals surface area contributed by atoms with E-state index in [4.69, 9.17) is 9.47 Å². The molecule has 0 radical (unpaired) electrons. The van der Waals surface area contributed by atoms with Crippen molar-refractivity contribution in [2.24, 2.45) is 11.8 Å². The normalized spacial score (nSPS) is 17.8. The molecule has 0 spiro atoms. The quantitative estimate of drug-likeness (QED) is 0.0907. The number of aliphatic hydroxyl groups excluding tert-OH is 1. The number of carbonyl (C=O) groups is 4. The van der Waals surface area contributed by atoms with E-state index in [1.807, 2.05) is 60.7 Å². The number of esters is 1. The van der Waals surface area contributed by atoms with E-state index in [2.05, 4.69) is 35.9 Å². The molecule has 0 saturated heterocycles. The molecule has 302 valence electrons. The largest absolute Gasteiger partial charge is 0.462 e. The number of hydrogen-bond donors (Lipinski definition) is 3. The molecule has 10 heteroatoms. The third-order valence-corrected chi connectivity index (χ3v) is 11.8. The lowest BCUT2D eigenvalue weighted by Gasteiger charge is -2.37. The van der Waals surface area contributed by atoms with Gasteiger partial charge in [-0.1, -0.05) is 117 Å². The minimum atomic E-state index is -0.982. The second-order valence-corrected chi connectivity index (χ2v) is 15.7. The molecule has 3 aliphatic rings. The molecule has 10 nitrogen and oxygen atoms in total. The van der Waals surface area contributed by atoms with Gasteiger partial charge in [-0.3, -0.25) is 9.59 Å². The highest BCUT2D eigenvalue weighted by molar-refractivity contribution is 5.87. The summed E-state index contributed by atoms with van der Waals surface area (Å²) in [6.45, 7) is 7.87. The van der Waals surface area contributed by atoms with Crippen molar-refractivity contribution in [3.05, 3.63) is 120 Å². The van der Waals surface area contributed by atoms with Crippen LogP contribution in [0.2, 0.25) is 0 Å². The Kier molecular flexibility index (Phi) is 14.7. The topological polar surface area (TPSA) is 134 Å². The van der Waals surface area contributed by atoms with Gasteiger partial charge in [-0.2, -0.15) is 0 Å². The zero-order valence-corrected chi connectivity index (χ0v) is 32.9. The molecule has 2 aliphatic carbocycles. The predicted octanol–water partition coefficient (Wildman–Crippen LogP) is 7.39. The fraction of sp³-hybridized carbons (Fsp3) is 0.447. The van der Waals surface area contributed by atoms with Gasteiger partial charge in [-0.25, -0.2) is 9.59 Å². The lowest BCUT2D eigenvalue weighted by atomic mass is 9.84. The van der Waals surface area contributed by atoms with Crippen molar-refractivity contribution in [1.82, 2.24) is 15.5 Å². The van der Waals surface area contributed by atoms with Crippen molar-refractivity contribution >= 4 is 23.9 Å². The van der Waals surface area contributed by atoms with Crippen LogP contribution in [0.15, 0.2) is 98.1 Å². The second kappa shape index (κ2) is 20.3. The molecule has 57 heavy (non-hydrogen) atoms. The van der Waals surface area contributed by atoms with Crippen molar-refractivity contribution in [3.63, 3.8) is 0 Å². The summed E-state index contributed by atoms with van der Waals surface area (Å²) in [7, 11) is 0. The minimum Gasteiger partial charge on any atom is -0.462 e. The van der Waals surface area contributed by atoms with Crippen molar-refractivity contribution in [3.8, 4) is 11.1 Å². The number of alkyl carbamates (subject to hydrolysis) is 1. The van der Waals surface area contributed by atoms with Crippen LogP contribution >= 0.6 is 0 Å². The van der Waals surface area contributed by atoms with Crippen LogP contribution in [0, 0.1) is 11.8 Å². The Labute approximate surface area is 336 Å². The standard InChI is InChI=1S/C47H57N3O7/c1-3-5-24-43(49-47(55)57-31-42-40-22-13-11-20-38(40)39-21-12-14-23-41(39)42)46(54)56-30-36(25-32-16-7-6-8-17-32)48-45(53)34(15-4-2)27-44(52)50-28-35-19-10-9-18-33(35)26-37(50)29-51/h3-4,9-14,18-23,32,34,36-37,42-43,51H,1-2,5-8,15-17,24-31H2,(H,48,53)(H,49,55)/t34-,36+,37+,43+/m1/s1. The number of nitrogens with zero attached hydrogens (tertiary/aromatic N) is 1. The highest BCUT2D eigenvalue weighted by Gasteiger charge is 2.34. The van der Waals surface area contributed by atoms with Crippen molar-refractivity contribution in [2.75, 3.05) is 19.8 Å². The highest BCUT2D eigenvalue weighted by atomic mass is 16.6. The minimum absolute atomic E-state index is 0.0415. The molecule has 3 aromatic rings. The van der Waals surface area contributed by atoms with Gasteiger partial charge in [-0.15, -0.1) is 13.2 Å². The fourth-order valence-electron chi connectivity index (χ4n) is 8.77. The zero-order valence-electron chi connectivity index (χ0n) is 32.9. The van der Waals surface area contributed by atoms with Crippen LogP contribution in [-0.4, -0.2) is 71.8 Å². The van der Waals surface area contributed by atoms with Crippen LogP contribution in [0.4, 0.5) is 4.79 Å². The fourth-order valence-corrected chi connectivity index (χ4v) is 8.77. The first-order chi connectivity index (χ1) is 27.8. The summed E-state index contributed by atoms with van der Waals surface area (Å²) in [5.41, 5.74) is 6.57. The van der Waals surface area contributed by atoms with Gasteiger partial charge in [0.2, 0.25) is 11.8 Å². The summed E-state index contributed by atoms with van der Waals surface area (Å²) in [5, 5.41) is 16.0. The number of ether oxygens (including phenoxy) is 2. The van der Waals surface area contributed by atoms with Gasteiger partial charge >= 0.3 is 12.1 Å². The summed E-state index contributed by atoms with van der Waals surface area (Å²) >= 11 is 0. The molecule has 3 aromatic carbocycles. The van der Waals surface area contributed by atoms with Crippen LogP contribution in [0.25, 0.3) is 11.1 Å². The molecule has 0 bridgehead atoms. The number of aliphatic hydroxyl groups is 1. The molecule has 1 saturated carbocycles. The van der Waals surface area contributed by atoms with Crippen LogP contribution in [0.5, 0.6) is 0 Å². The van der Waals surface area contributed by atoms with E-state index in [0.717, 1.165) is 59.1 Å². The maximum Gasteiger partial charge on any atom is 0.407 e. The van der Waals surface area contributed by atoms with Gasteiger partial charge in [0.15, 0.2) is 0 Å². The van der Waals surface area contributed by atoms with E-state index in [1.165, 1.54) is 6.42 Å². The second-order valence-electron chi connectivity index (χ2n) is 15.7. The van der Waals surface area contributed by atoms with Gasteiger partial charge in [0, 0.05) is 18.9 Å². The Hall–Kier alpha value is -5.22. The van der Waals surface area contributed by atoms with Crippen LogP contribution < -0.4 is 10.6 Å². The van der Waals surface area contributed by atoms with E-state index >= 15 is 0 Å². The third kappa shape index (κ3) is 10.6. The Morgan fingerprint density at radius 1 is 0.842 bits per heavy atom. The Bertz CT molecular complexity index is 1840. The first-order valence-electron chi connectivity index (χ1n) is 20.6. The number of rotatable bonds is 18. The van der Waals surface area contributed by atoms with Gasteiger partial charge < -0.3 is 30.1 Å². The summed E-state index contributed by atoms with van der Waals surface area (Å²) in [6.07, 6.45) is 10.2. The Morgan fingerprint density at radius 3 is 2.18 bits per heavy atom. The number of hydrogen-bond acceptors (Lipinski definition) is 7. The number of benzene rings is 3. The average Bonchev–Trinajstić information content (AvgIpc) is 3.56. The maximum atomic E-state index is 13.9. The van der Waals surface area contributed by atoms with Crippen molar-refractivity contribution < 1.29 is 33.8 Å². The summed E-state index contributed by atoms with van der Waals surface area (Å²) in [4.78, 5) is 56.2. The first kappa shape index (κ1) is 41.4. The average molecular weight is 776 g/mol. The molecule has 0 unspecified atom stereocenters. The summed E-state index contributed by atoms with van der Waals surface area (Å²) in [5.74, 6) is -1.59. The van der Waals surface area contributed by atoms with Crippen molar-refractivity contribution in [2.45, 2.75) is 101 Å². The molecule has 1 fully saturated rings. The van der Waals surface area contributed by atoms with E-state index < -0.39 is 30.1 Å². The van der Waals surface area contributed by atoms with E-state index in [-0.39, 0.29) is 62.9 Å². The Morgan fingerprint density at radius 2 is 1.51 bits per heavy atom. The molecule has 1 heterocycles. The molecular formula is C47H57N3O7. The van der Waals surface area contributed by atoms with Crippen LogP contribution in [0.3, 0.4) is 0 Å². The molecular weight excluding hydrogens is 719 g/mol. The number of amides is 3. The lowest BCUT2D eigenvalue weighted by Crippen LogP contribution is -2.49. The smallest absolute Gasteiger partial charge is 0.407 e. The number of carbonyl (C=O) groups excluding carboxylic acids is 4. The van der Waals surface area contributed by atoms with Gasteiger partial charge in [0.25, 0.3) is 0 Å². The van der Waals surface area contributed by atoms with Crippen LogP contribution in [0.1, 0.15) is 92.4 Å². The van der Waals surface area contributed by atoms with E-state index in [9.17, 15) is 24.3 Å². The number of nitrogens with one attached hydrogen (secondary N) is 2. The van der Waals surface area contributed by atoms with Gasteiger partial charge in [-0.05, 0) is 71.4 Å². The monoisotopic (exact) mass is 775 g/mol. The maximum absolute atomic E-state index is 13.9. The number of allylic oxidation sites excluding steroid dienone is 2. The lowest BCUT2D eigenvalue weighted by molar-refractivity contribution is -0.148. The molecule has 1 aliphatic heterocycles. The summed E-state index contributed by atoms with van der Waals surface area (Å²) in [6, 6.07) is 22.2. The molecule has 3 amide bonds. The van der Waals surface area contributed by atoms with E-state index in [1.54, 1.807) is 17.1 Å². The molecule has 6 rings (SSSR count). The van der Waals surface area contributed by atoms with Crippen LogP contribution in [-0.2, 0) is 36.8 Å². The SMILES string of the molecule is C=CCC[C@H](NC(=O)OCC1c2ccccc2-c2ccccc21)C(=O)OC[C@H](CC1CCCCC1)NC(=O)[C@H](CC=C)CC(=O)N1Cc2ccccc2C[C@H]1CO. The zero-order chi connectivity index (χ0) is 40.1. The van der Waals surface area contributed by atoms with Gasteiger partial charge in [0.1, 0.15) is 19.3 Å². The molecule has 0 aromatic heterocycles. The third-order valence-electron chi connectivity index (χ3n) is 11.8. The summed E-state index contributed by atoms with van der Waals surface area (Å²) < 4.78 is 11.6. The Balaban J connectivity index is 1.08. The highest BCUT2D eigenvalue weighted by Crippen LogP contribution is 2.44. The first-order valence-corrected chi connectivity index (χ1v) is 20.6. The number of fused-ring (bicyclic) bond motifs is 4. The van der Waals surface area contributed by atoms with E-state index in [0.29, 0.717) is 31.7 Å². The van der Waals surface area contributed by atoms with Crippen molar-refractivity contribution in [1.29, 1.82) is 0 Å². The predicted molar refractivity (Wildman–Crippen MR) is 220 cm³/mol.